The van der Waals surface area contributed by atoms with E-state index >= 15 is 0 Å². The van der Waals surface area contributed by atoms with Gasteiger partial charge < -0.3 is 14.4 Å². The van der Waals surface area contributed by atoms with Crippen LogP contribution in [0.15, 0.2) is 42.0 Å². The molecule has 2 aromatic carbocycles. The van der Waals surface area contributed by atoms with Crippen molar-refractivity contribution in [2.45, 2.75) is 71.5 Å². The van der Waals surface area contributed by atoms with E-state index in [1.807, 2.05) is 6.07 Å². The molecule has 0 bridgehead atoms. The highest BCUT2D eigenvalue weighted by Crippen LogP contribution is 2.47. The van der Waals surface area contributed by atoms with Gasteiger partial charge in [0.2, 0.25) is 5.91 Å². The lowest BCUT2D eigenvalue weighted by atomic mass is 9.72. The van der Waals surface area contributed by atoms with Crippen LogP contribution in [0.5, 0.6) is 5.75 Å². The summed E-state index contributed by atoms with van der Waals surface area (Å²) < 4.78 is 92.2. The van der Waals surface area contributed by atoms with Crippen LogP contribution in [0.4, 0.5) is 36.8 Å². The van der Waals surface area contributed by atoms with Crippen molar-refractivity contribution in [2.24, 2.45) is 5.41 Å². The third-order valence-electron chi connectivity index (χ3n) is 8.23. The van der Waals surface area contributed by atoms with Crippen molar-refractivity contribution >= 4 is 23.3 Å². The minimum atomic E-state index is -5.03. The smallest absolute Gasteiger partial charge is 0.416 e. The monoisotopic (exact) mass is 612 g/mol. The molecule has 6 nitrogen and oxygen atoms in total. The third-order valence-corrected chi connectivity index (χ3v) is 8.23. The molecule has 1 saturated heterocycles. The normalized spacial score (nSPS) is 20.7. The average molecular weight is 613 g/mol. The quantitative estimate of drug-likeness (QED) is 0.308. The molecule has 4 rings (SSSR count). The van der Waals surface area contributed by atoms with Crippen LogP contribution >= 0.6 is 0 Å². The molecule has 2 atom stereocenters. The standard InChI is InChI=1S/C31H34F6N2O4/c1-17-27(19-11-21(30(32,33)34)13-22(12-19)31(35,36)37)43-28(41)39(17)16-20-15-29(3,4)10-9-24(20)25-14-23(38(5)18(2)40)7-8-26(25)42-6/h7-8,11-14,17,27H,9-10,15-16H2,1-6H3/t17-,27-/m0/s1. The van der Waals surface area contributed by atoms with Crippen molar-refractivity contribution in [3.8, 4) is 5.75 Å². The number of alkyl halides is 6. The van der Waals surface area contributed by atoms with Crippen molar-refractivity contribution in [2.75, 3.05) is 25.6 Å². The number of amides is 2. The van der Waals surface area contributed by atoms with Crippen LogP contribution < -0.4 is 9.64 Å². The first kappa shape index (κ1) is 32.2. The number of methoxy groups -OCH3 is 1. The predicted octanol–water partition coefficient (Wildman–Crippen LogP) is 8.26. The Morgan fingerprint density at radius 1 is 1.07 bits per heavy atom. The van der Waals surface area contributed by atoms with E-state index in [4.69, 9.17) is 9.47 Å². The first-order chi connectivity index (χ1) is 19.8. The van der Waals surface area contributed by atoms with Gasteiger partial charge in [-0.05, 0) is 84.7 Å². The summed E-state index contributed by atoms with van der Waals surface area (Å²) in [5, 5.41) is 0. The second kappa shape index (κ2) is 11.4. The molecule has 2 aromatic rings. The number of nitrogens with zero attached hydrogens (tertiary/aromatic N) is 2. The van der Waals surface area contributed by atoms with Crippen LogP contribution in [-0.2, 0) is 21.9 Å². The zero-order chi connectivity index (χ0) is 32.1. The van der Waals surface area contributed by atoms with E-state index in [2.05, 4.69) is 13.8 Å². The lowest BCUT2D eigenvalue weighted by molar-refractivity contribution is -0.143. The van der Waals surface area contributed by atoms with E-state index in [1.54, 1.807) is 26.1 Å². The fraction of sp³-hybridized carbons (Fsp3) is 0.484. The fourth-order valence-electron chi connectivity index (χ4n) is 5.72. The van der Waals surface area contributed by atoms with E-state index in [0.717, 1.165) is 23.1 Å². The van der Waals surface area contributed by atoms with Crippen molar-refractivity contribution in [3.05, 3.63) is 64.2 Å². The van der Waals surface area contributed by atoms with Crippen molar-refractivity contribution in [3.63, 3.8) is 0 Å². The Labute approximate surface area is 246 Å². The van der Waals surface area contributed by atoms with Gasteiger partial charge in [0.25, 0.3) is 0 Å². The van der Waals surface area contributed by atoms with Gasteiger partial charge in [0.1, 0.15) is 11.9 Å². The number of cyclic esters (lactones) is 1. The van der Waals surface area contributed by atoms with Crippen LogP contribution in [0.2, 0.25) is 0 Å². The molecule has 1 heterocycles. The molecule has 234 valence electrons. The maximum absolute atomic E-state index is 13.5. The SMILES string of the molecule is COc1ccc(N(C)C(C)=O)cc1C1=C(CN2C(=O)O[C@H](c3cc(C(F)(F)F)cc(C(F)(F)F)c3)[C@@H]2C)CC(C)(C)CC1. The summed E-state index contributed by atoms with van der Waals surface area (Å²) >= 11 is 0. The molecule has 0 spiro atoms. The molecule has 12 heteroatoms. The molecule has 0 aromatic heterocycles. The Kier molecular flexibility index (Phi) is 8.56. The average Bonchev–Trinajstić information content (AvgIpc) is 3.19. The molecule has 0 saturated carbocycles. The van der Waals surface area contributed by atoms with Gasteiger partial charge in [0.15, 0.2) is 0 Å². The Hall–Kier alpha value is -3.70. The fourth-order valence-corrected chi connectivity index (χ4v) is 5.72. The second-order valence-electron chi connectivity index (χ2n) is 11.9. The lowest BCUT2D eigenvalue weighted by Gasteiger charge is -2.36. The van der Waals surface area contributed by atoms with Gasteiger partial charge in [0, 0.05) is 31.8 Å². The number of rotatable bonds is 6. The lowest BCUT2D eigenvalue weighted by Crippen LogP contribution is -2.35. The zero-order valence-corrected chi connectivity index (χ0v) is 24.7. The van der Waals surface area contributed by atoms with E-state index in [9.17, 15) is 35.9 Å². The van der Waals surface area contributed by atoms with Gasteiger partial charge in [-0.2, -0.15) is 26.3 Å². The van der Waals surface area contributed by atoms with Gasteiger partial charge in [-0.25, -0.2) is 4.79 Å². The van der Waals surface area contributed by atoms with Crippen LogP contribution in [-0.4, -0.2) is 43.6 Å². The maximum Gasteiger partial charge on any atom is 0.416 e. The summed E-state index contributed by atoms with van der Waals surface area (Å²) in [6.07, 6.45) is -10.2. The van der Waals surface area contributed by atoms with Crippen molar-refractivity contribution in [1.29, 1.82) is 0 Å². The molecule has 0 radical (unpaired) electrons. The molecular weight excluding hydrogens is 578 g/mol. The van der Waals surface area contributed by atoms with Gasteiger partial charge in [-0.1, -0.05) is 13.8 Å². The van der Waals surface area contributed by atoms with Crippen molar-refractivity contribution in [1.82, 2.24) is 4.90 Å². The van der Waals surface area contributed by atoms with E-state index < -0.39 is 41.7 Å². The first-order valence-electron chi connectivity index (χ1n) is 13.7. The van der Waals surface area contributed by atoms with Gasteiger partial charge >= 0.3 is 18.4 Å². The number of halogens is 6. The summed E-state index contributed by atoms with van der Waals surface area (Å²) in [4.78, 5) is 28.0. The molecule has 2 aliphatic rings. The predicted molar refractivity (Wildman–Crippen MR) is 148 cm³/mol. The Balaban J connectivity index is 1.76. The largest absolute Gasteiger partial charge is 0.496 e. The highest BCUT2D eigenvalue weighted by Gasteiger charge is 2.44. The summed E-state index contributed by atoms with van der Waals surface area (Å²) in [5.41, 5.74) is -0.332. The maximum atomic E-state index is 13.5. The van der Waals surface area contributed by atoms with Crippen LogP contribution in [0.3, 0.4) is 0 Å². The number of ether oxygens (including phenoxy) is 2. The summed E-state index contributed by atoms with van der Waals surface area (Å²) in [7, 11) is 3.17. The summed E-state index contributed by atoms with van der Waals surface area (Å²) in [5.74, 6) is 0.393. The van der Waals surface area contributed by atoms with Crippen LogP contribution in [0, 0.1) is 5.41 Å². The molecule has 1 aliphatic heterocycles. The Morgan fingerprint density at radius 2 is 1.67 bits per heavy atom. The number of hydrogen-bond donors (Lipinski definition) is 0. The summed E-state index contributed by atoms with van der Waals surface area (Å²) in [6, 6.07) is 5.73. The van der Waals surface area contributed by atoms with Crippen LogP contribution in [0.25, 0.3) is 5.57 Å². The molecule has 0 unspecified atom stereocenters. The van der Waals surface area contributed by atoms with Gasteiger partial charge in [0.05, 0.1) is 24.3 Å². The molecule has 1 aliphatic carbocycles. The molecule has 2 amide bonds. The third kappa shape index (κ3) is 6.78. The molecule has 0 N–H and O–H groups in total. The molecule has 43 heavy (non-hydrogen) atoms. The van der Waals surface area contributed by atoms with E-state index in [0.29, 0.717) is 36.4 Å². The number of benzene rings is 2. The van der Waals surface area contributed by atoms with Gasteiger partial charge in [-0.3, -0.25) is 9.69 Å². The topological polar surface area (TPSA) is 59.1 Å². The van der Waals surface area contributed by atoms with E-state index in [-0.39, 0.29) is 29.5 Å². The highest BCUT2D eigenvalue weighted by atomic mass is 19.4. The van der Waals surface area contributed by atoms with E-state index in [1.165, 1.54) is 23.8 Å². The zero-order valence-electron chi connectivity index (χ0n) is 24.7. The number of allylic oxidation sites excluding steroid dienone is 1. The number of carbonyl (C=O) groups is 2. The molecular formula is C31H34F6N2O4. The minimum absolute atomic E-state index is 0.0505. The van der Waals surface area contributed by atoms with Gasteiger partial charge in [-0.15, -0.1) is 0 Å². The second-order valence-corrected chi connectivity index (χ2v) is 11.9. The highest BCUT2D eigenvalue weighted by molar-refractivity contribution is 5.92. The van der Waals surface area contributed by atoms with Crippen molar-refractivity contribution < 1.29 is 45.4 Å². The number of hydrogen-bond acceptors (Lipinski definition) is 4. The minimum Gasteiger partial charge on any atom is -0.496 e. The Morgan fingerprint density at radius 3 is 2.21 bits per heavy atom. The van der Waals surface area contributed by atoms with Crippen LogP contribution in [0.1, 0.15) is 75.3 Å². The number of carbonyl (C=O) groups excluding carboxylic acids is 2. The molecule has 1 fully saturated rings. The number of anilines is 1. The first-order valence-corrected chi connectivity index (χ1v) is 13.7. The Bertz CT molecular complexity index is 1410. The summed E-state index contributed by atoms with van der Waals surface area (Å²) in [6.45, 7) is 7.20.